The summed E-state index contributed by atoms with van der Waals surface area (Å²) < 4.78 is 0. The molecule has 1 aromatic rings. The van der Waals surface area contributed by atoms with E-state index in [0.717, 1.165) is 18.4 Å². The molecule has 1 aromatic carbocycles. The highest BCUT2D eigenvalue weighted by molar-refractivity contribution is 5.81. The minimum atomic E-state index is -0.0146. The van der Waals surface area contributed by atoms with E-state index >= 15 is 0 Å². The molecule has 3 nitrogen and oxygen atoms in total. The zero-order valence-corrected chi connectivity index (χ0v) is 11.2. The Morgan fingerprint density at radius 3 is 2.72 bits per heavy atom. The summed E-state index contributed by atoms with van der Waals surface area (Å²) in [5, 5.41) is 6.36. The fraction of sp³-hybridized carbons (Fsp3) is 0.533. The van der Waals surface area contributed by atoms with E-state index in [1.54, 1.807) is 0 Å². The molecule has 2 N–H and O–H groups in total. The van der Waals surface area contributed by atoms with Crippen molar-refractivity contribution in [3.63, 3.8) is 0 Å². The smallest absolute Gasteiger partial charge is 0.237 e. The van der Waals surface area contributed by atoms with Gasteiger partial charge in [-0.15, -0.1) is 0 Å². The first-order valence-corrected chi connectivity index (χ1v) is 6.74. The van der Waals surface area contributed by atoms with E-state index in [9.17, 15) is 4.79 Å². The number of hydrogen-bond donors (Lipinski definition) is 2. The Kier molecular flexibility index (Phi) is 4.37. The second-order valence-electron chi connectivity index (χ2n) is 5.25. The molecule has 1 saturated heterocycles. The normalized spacial score (nSPS) is 23.7. The standard InChI is InChI=1S/C15H22N2O/c1-11-6-8-13(9-7-11)10-16-15(18)14-5-3-4-12(2)17-14/h6-9,12,14,17H,3-5,10H2,1-2H3,(H,16,18). The molecule has 0 radical (unpaired) electrons. The van der Waals surface area contributed by atoms with Crippen LogP contribution in [0.3, 0.4) is 0 Å². The second-order valence-corrected chi connectivity index (χ2v) is 5.25. The van der Waals surface area contributed by atoms with Gasteiger partial charge in [-0.25, -0.2) is 0 Å². The first-order valence-electron chi connectivity index (χ1n) is 6.74. The summed E-state index contributed by atoms with van der Waals surface area (Å²) in [6, 6.07) is 8.71. The van der Waals surface area contributed by atoms with Crippen LogP contribution >= 0.6 is 0 Å². The first-order chi connectivity index (χ1) is 8.65. The van der Waals surface area contributed by atoms with Crippen molar-refractivity contribution in [3.05, 3.63) is 35.4 Å². The van der Waals surface area contributed by atoms with Crippen LogP contribution in [0.4, 0.5) is 0 Å². The van der Waals surface area contributed by atoms with Crippen LogP contribution in [-0.2, 0) is 11.3 Å². The van der Waals surface area contributed by atoms with Crippen molar-refractivity contribution in [1.82, 2.24) is 10.6 Å². The largest absolute Gasteiger partial charge is 0.351 e. The highest BCUT2D eigenvalue weighted by Gasteiger charge is 2.23. The van der Waals surface area contributed by atoms with Gasteiger partial charge in [0.05, 0.1) is 6.04 Å². The molecule has 2 atom stereocenters. The molecular formula is C15H22N2O. The van der Waals surface area contributed by atoms with Crippen molar-refractivity contribution in [2.24, 2.45) is 0 Å². The maximum atomic E-state index is 12.0. The van der Waals surface area contributed by atoms with Crippen molar-refractivity contribution in [3.8, 4) is 0 Å². The fourth-order valence-electron chi connectivity index (χ4n) is 2.36. The summed E-state index contributed by atoms with van der Waals surface area (Å²) >= 11 is 0. The van der Waals surface area contributed by atoms with E-state index in [-0.39, 0.29) is 11.9 Å². The van der Waals surface area contributed by atoms with Gasteiger partial charge in [-0.1, -0.05) is 29.8 Å². The Morgan fingerprint density at radius 2 is 2.06 bits per heavy atom. The van der Waals surface area contributed by atoms with E-state index in [1.165, 1.54) is 12.0 Å². The number of carbonyl (C=O) groups is 1. The summed E-state index contributed by atoms with van der Waals surface area (Å²) in [6.45, 7) is 4.82. The average molecular weight is 246 g/mol. The number of hydrogen-bond acceptors (Lipinski definition) is 2. The monoisotopic (exact) mass is 246 g/mol. The molecule has 2 unspecified atom stereocenters. The Labute approximate surface area is 109 Å². The van der Waals surface area contributed by atoms with Gasteiger partial charge in [-0.2, -0.15) is 0 Å². The number of nitrogens with one attached hydrogen (secondary N) is 2. The highest BCUT2D eigenvalue weighted by Crippen LogP contribution is 2.12. The van der Waals surface area contributed by atoms with E-state index in [0.29, 0.717) is 12.6 Å². The second kappa shape index (κ2) is 6.01. The van der Waals surface area contributed by atoms with Crippen LogP contribution in [0.5, 0.6) is 0 Å². The lowest BCUT2D eigenvalue weighted by Gasteiger charge is -2.27. The molecule has 18 heavy (non-hydrogen) atoms. The van der Waals surface area contributed by atoms with E-state index in [4.69, 9.17) is 0 Å². The van der Waals surface area contributed by atoms with E-state index in [2.05, 4.69) is 48.7 Å². The summed E-state index contributed by atoms with van der Waals surface area (Å²) in [6.07, 6.45) is 3.25. The summed E-state index contributed by atoms with van der Waals surface area (Å²) in [4.78, 5) is 12.0. The number of rotatable bonds is 3. The van der Waals surface area contributed by atoms with Gasteiger partial charge >= 0.3 is 0 Å². The lowest BCUT2D eigenvalue weighted by atomic mass is 9.99. The van der Waals surface area contributed by atoms with E-state index < -0.39 is 0 Å². The lowest BCUT2D eigenvalue weighted by molar-refractivity contribution is -0.124. The number of benzene rings is 1. The molecule has 98 valence electrons. The summed E-state index contributed by atoms with van der Waals surface area (Å²) in [7, 11) is 0. The van der Waals surface area contributed by atoms with Gasteiger partial charge in [0.2, 0.25) is 5.91 Å². The highest BCUT2D eigenvalue weighted by atomic mass is 16.2. The maximum absolute atomic E-state index is 12.0. The van der Waals surface area contributed by atoms with Crippen molar-refractivity contribution in [2.45, 2.75) is 51.7 Å². The minimum absolute atomic E-state index is 0.0146. The van der Waals surface area contributed by atoms with Crippen LogP contribution in [0.1, 0.15) is 37.3 Å². The Balaban J connectivity index is 1.82. The Morgan fingerprint density at radius 1 is 1.33 bits per heavy atom. The average Bonchev–Trinajstić information content (AvgIpc) is 2.38. The maximum Gasteiger partial charge on any atom is 0.237 e. The minimum Gasteiger partial charge on any atom is -0.351 e. The molecule has 2 rings (SSSR count). The molecule has 1 aliphatic rings. The Bertz CT molecular complexity index is 399. The van der Waals surface area contributed by atoms with Crippen LogP contribution in [-0.4, -0.2) is 18.0 Å². The van der Waals surface area contributed by atoms with Crippen LogP contribution < -0.4 is 10.6 Å². The molecule has 0 aliphatic carbocycles. The summed E-state index contributed by atoms with van der Waals surface area (Å²) in [5.41, 5.74) is 2.39. The molecule has 1 heterocycles. The van der Waals surface area contributed by atoms with Gasteiger partial charge in [-0.3, -0.25) is 4.79 Å². The van der Waals surface area contributed by atoms with Gasteiger partial charge < -0.3 is 10.6 Å². The number of aryl methyl sites for hydroxylation is 1. The van der Waals surface area contributed by atoms with Crippen molar-refractivity contribution < 1.29 is 4.79 Å². The van der Waals surface area contributed by atoms with Crippen molar-refractivity contribution in [2.75, 3.05) is 0 Å². The molecule has 1 fully saturated rings. The number of carbonyl (C=O) groups excluding carboxylic acids is 1. The van der Waals surface area contributed by atoms with Crippen LogP contribution in [0.2, 0.25) is 0 Å². The molecule has 0 spiro atoms. The molecular weight excluding hydrogens is 224 g/mol. The number of piperidine rings is 1. The van der Waals surface area contributed by atoms with Crippen molar-refractivity contribution in [1.29, 1.82) is 0 Å². The third-order valence-corrected chi connectivity index (χ3v) is 3.52. The van der Waals surface area contributed by atoms with Crippen LogP contribution in [0.15, 0.2) is 24.3 Å². The lowest BCUT2D eigenvalue weighted by Crippen LogP contribution is -2.49. The first kappa shape index (κ1) is 13.1. The third kappa shape index (κ3) is 3.57. The van der Waals surface area contributed by atoms with E-state index in [1.807, 2.05) is 0 Å². The van der Waals surface area contributed by atoms with Gasteiger partial charge in [-0.05, 0) is 38.7 Å². The molecule has 0 bridgehead atoms. The van der Waals surface area contributed by atoms with Crippen LogP contribution in [0, 0.1) is 6.92 Å². The summed E-state index contributed by atoms with van der Waals surface area (Å²) in [5.74, 6) is 0.127. The van der Waals surface area contributed by atoms with Gasteiger partial charge in [0.15, 0.2) is 0 Å². The molecule has 0 saturated carbocycles. The molecule has 3 heteroatoms. The quantitative estimate of drug-likeness (QED) is 0.858. The topological polar surface area (TPSA) is 41.1 Å². The Hall–Kier alpha value is -1.35. The fourth-order valence-corrected chi connectivity index (χ4v) is 2.36. The predicted octanol–water partition coefficient (Wildman–Crippen LogP) is 2.14. The molecule has 1 amide bonds. The van der Waals surface area contributed by atoms with Crippen molar-refractivity contribution >= 4 is 5.91 Å². The molecule has 0 aromatic heterocycles. The zero-order chi connectivity index (χ0) is 13.0. The zero-order valence-electron chi connectivity index (χ0n) is 11.2. The number of amides is 1. The SMILES string of the molecule is Cc1ccc(CNC(=O)C2CCCC(C)N2)cc1. The van der Waals surface area contributed by atoms with Gasteiger partial charge in [0.1, 0.15) is 0 Å². The van der Waals surface area contributed by atoms with Gasteiger partial charge in [0, 0.05) is 12.6 Å². The predicted molar refractivity (Wildman–Crippen MR) is 73.3 cm³/mol. The van der Waals surface area contributed by atoms with Gasteiger partial charge in [0.25, 0.3) is 0 Å². The van der Waals surface area contributed by atoms with Crippen LogP contribution in [0.25, 0.3) is 0 Å². The molecule has 1 aliphatic heterocycles. The third-order valence-electron chi connectivity index (χ3n) is 3.52.